The number of carbonyl (C=O) groups excluding carboxylic acids is 1. The Labute approximate surface area is 169 Å². The van der Waals surface area contributed by atoms with Crippen molar-refractivity contribution in [2.45, 2.75) is 135 Å². The minimum absolute atomic E-state index is 0. The van der Waals surface area contributed by atoms with Gasteiger partial charge in [-0.15, -0.1) is 0 Å². The van der Waals surface area contributed by atoms with E-state index in [0.717, 1.165) is 12.8 Å². The molecule has 0 saturated heterocycles. The normalized spacial score (nSPS) is 11.0. The van der Waals surface area contributed by atoms with Crippen LogP contribution in [0.1, 0.15) is 135 Å². The fourth-order valence-electron chi connectivity index (χ4n) is 3.43. The van der Waals surface area contributed by atoms with Gasteiger partial charge in [-0.2, -0.15) is 0 Å². The highest BCUT2D eigenvalue weighted by molar-refractivity contribution is 5.73. The molecule has 1 amide bonds. The maximum absolute atomic E-state index is 10.6. The van der Waals surface area contributed by atoms with Crippen molar-refractivity contribution in [2.75, 3.05) is 0 Å². The van der Waals surface area contributed by atoms with Crippen LogP contribution < -0.4 is 5.73 Å². The zero-order valence-corrected chi connectivity index (χ0v) is 18.3. The zero-order chi connectivity index (χ0) is 19.1. The van der Waals surface area contributed by atoms with Crippen LogP contribution >= 0.6 is 0 Å². The Bertz CT molecular complexity index is 316. The van der Waals surface area contributed by atoms with Crippen LogP contribution in [0.4, 0.5) is 0 Å². The predicted octanol–water partition coefficient (Wildman–Crippen LogP) is 7.03. The highest BCUT2D eigenvalue weighted by Gasteiger charge is 1.95. The van der Waals surface area contributed by atoms with E-state index in [9.17, 15) is 4.79 Å². The van der Waals surface area contributed by atoms with Crippen molar-refractivity contribution in [3.8, 4) is 0 Å². The molecule has 3 nitrogen and oxygen atoms in total. The van der Waals surface area contributed by atoms with Crippen molar-refractivity contribution in [3.63, 3.8) is 0 Å². The Morgan fingerprint density at radius 1 is 0.593 bits per heavy atom. The Morgan fingerprint density at radius 2 is 0.926 bits per heavy atom. The van der Waals surface area contributed by atoms with Crippen LogP contribution in [0.3, 0.4) is 0 Å². The van der Waals surface area contributed by atoms with Gasteiger partial charge < -0.3 is 11.2 Å². The Morgan fingerprint density at radius 3 is 1.30 bits per heavy atom. The molecule has 0 bridgehead atoms. The molecule has 0 atom stereocenters. The van der Waals surface area contributed by atoms with Gasteiger partial charge in [0.1, 0.15) is 0 Å². The average molecular weight is 384 g/mol. The molecule has 0 fully saturated rings. The lowest BCUT2D eigenvalue weighted by Crippen LogP contribution is -2.09. The van der Waals surface area contributed by atoms with Crippen LogP contribution in [0.5, 0.6) is 0 Å². The summed E-state index contributed by atoms with van der Waals surface area (Å²) in [6.07, 6.45) is 30.8. The average Bonchev–Trinajstić information content (AvgIpc) is 2.62. The van der Waals surface area contributed by atoms with Crippen molar-refractivity contribution >= 4 is 5.91 Å². The van der Waals surface area contributed by atoms with Crippen LogP contribution in [-0.4, -0.2) is 11.4 Å². The second-order valence-corrected chi connectivity index (χ2v) is 7.92. The van der Waals surface area contributed by atoms with Crippen LogP contribution in [-0.2, 0) is 4.79 Å². The van der Waals surface area contributed by atoms with Gasteiger partial charge >= 0.3 is 0 Å². The molecule has 0 aromatic carbocycles. The molecule has 0 radical (unpaired) electrons. The third kappa shape index (κ3) is 27.5. The lowest BCUT2D eigenvalue weighted by molar-refractivity contribution is -0.118. The lowest BCUT2D eigenvalue weighted by Gasteiger charge is -2.02. The molecule has 0 aromatic rings. The maximum Gasteiger partial charge on any atom is 0.217 e. The number of hydrogen-bond acceptors (Lipinski definition) is 1. The van der Waals surface area contributed by atoms with E-state index in [1.807, 2.05) is 0 Å². The maximum atomic E-state index is 10.6. The van der Waals surface area contributed by atoms with Crippen LogP contribution in [0.25, 0.3) is 0 Å². The summed E-state index contributed by atoms with van der Waals surface area (Å²) < 4.78 is 0. The number of unbranched alkanes of at least 4 members (excludes halogenated alkanes) is 17. The van der Waals surface area contributed by atoms with Crippen LogP contribution in [0.2, 0.25) is 0 Å². The van der Waals surface area contributed by atoms with E-state index in [2.05, 4.69) is 19.1 Å². The van der Waals surface area contributed by atoms with Gasteiger partial charge in [-0.1, -0.05) is 109 Å². The van der Waals surface area contributed by atoms with Crippen molar-refractivity contribution < 1.29 is 10.3 Å². The molecule has 3 heteroatoms. The van der Waals surface area contributed by atoms with Gasteiger partial charge in [0.05, 0.1) is 0 Å². The molecule has 0 spiro atoms. The quantitative estimate of drug-likeness (QED) is 0.168. The molecule has 0 aliphatic carbocycles. The Hall–Kier alpha value is -0.830. The van der Waals surface area contributed by atoms with E-state index in [1.165, 1.54) is 109 Å². The SMILES string of the molecule is CCCCCCCC/C=C\CCCCCCCCCCCCCC(N)=O.O. The zero-order valence-electron chi connectivity index (χ0n) is 18.3. The van der Waals surface area contributed by atoms with E-state index in [-0.39, 0.29) is 11.4 Å². The van der Waals surface area contributed by atoms with E-state index in [0.29, 0.717) is 6.42 Å². The second kappa shape index (κ2) is 25.2. The first-order chi connectivity index (χ1) is 12.8. The van der Waals surface area contributed by atoms with Gasteiger partial charge in [-0.05, 0) is 32.1 Å². The standard InChI is InChI=1S/C24H47NO.H2O/c1-2-3-4-5-6-7-8-9-10-11-12-13-14-15-16-17-18-19-20-21-22-23-24(25)26;/h9-10H,2-8,11-23H2,1H3,(H2,25,26);1H2/b10-9-;. The third-order valence-electron chi connectivity index (χ3n) is 5.18. The van der Waals surface area contributed by atoms with E-state index >= 15 is 0 Å². The summed E-state index contributed by atoms with van der Waals surface area (Å²) in [6, 6.07) is 0. The highest BCUT2D eigenvalue weighted by atomic mass is 16.1. The van der Waals surface area contributed by atoms with E-state index in [4.69, 9.17) is 5.73 Å². The van der Waals surface area contributed by atoms with Gasteiger partial charge in [-0.3, -0.25) is 4.79 Å². The minimum atomic E-state index is -0.154. The largest absolute Gasteiger partial charge is 0.412 e. The lowest BCUT2D eigenvalue weighted by atomic mass is 10.0. The number of nitrogens with two attached hydrogens (primary N) is 1. The predicted molar refractivity (Wildman–Crippen MR) is 120 cm³/mol. The molecular weight excluding hydrogens is 334 g/mol. The monoisotopic (exact) mass is 383 g/mol. The fraction of sp³-hybridized carbons (Fsp3) is 0.875. The highest BCUT2D eigenvalue weighted by Crippen LogP contribution is 2.13. The van der Waals surface area contributed by atoms with Crippen molar-refractivity contribution in [3.05, 3.63) is 12.2 Å². The molecule has 162 valence electrons. The Kier molecular flexibility index (Phi) is 26.5. The van der Waals surface area contributed by atoms with Gasteiger partial charge in [0.25, 0.3) is 0 Å². The molecule has 0 heterocycles. The molecule has 0 aromatic heterocycles. The fourth-order valence-corrected chi connectivity index (χ4v) is 3.43. The van der Waals surface area contributed by atoms with Crippen LogP contribution in [0, 0.1) is 0 Å². The van der Waals surface area contributed by atoms with E-state index < -0.39 is 0 Å². The molecule has 0 saturated carbocycles. The summed E-state index contributed by atoms with van der Waals surface area (Å²) in [7, 11) is 0. The number of amides is 1. The summed E-state index contributed by atoms with van der Waals surface area (Å²) in [6.45, 7) is 2.28. The number of hydrogen-bond donors (Lipinski definition) is 1. The van der Waals surface area contributed by atoms with Gasteiger partial charge in [0.15, 0.2) is 0 Å². The van der Waals surface area contributed by atoms with Crippen molar-refractivity contribution in [2.24, 2.45) is 5.73 Å². The molecule has 0 aliphatic heterocycles. The molecule has 0 rings (SSSR count). The number of primary amides is 1. The Balaban J connectivity index is 0. The summed E-state index contributed by atoms with van der Waals surface area (Å²) in [5, 5.41) is 0. The van der Waals surface area contributed by atoms with Crippen molar-refractivity contribution in [1.82, 2.24) is 0 Å². The third-order valence-corrected chi connectivity index (χ3v) is 5.18. The second-order valence-electron chi connectivity index (χ2n) is 7.92. The molecule has 27 heavy (non-hydrogen) atoms. The van der Waals surface area contributed by atoms with Crippen molar-refractivity contribution in [1.29, 1.82) is 0 Å². The van der Waals surface area contributed by atoms with Gasteiger partial charge in [0.2, 0.25) is 5.91 Å². The van der Waals surface area contributed by atoms with E-state index in [1.54, 1.807) is 0 Å². The molecule has 0 unspecified atom stereocenters. The van der Waals surface area contributed by atoms with Gasteiger partial charge in [-0.25, -0.2) is 0 Å². The summed E-state index contributed by atoms with van der Waals surface area (Å²) in [5.41, 5.74) is 5.13. The number of rotatable bonds is 21. The molecule has 0 aliphatic rings. The van der Waals surface area contributed by atoms with Crippen LogP contribution in [0.15, 0.2) is 12.2 Å². The first-order valence-electron chi connectivity index (χ1n) is 11.7. The summed E-state index contributed by atoms with van der Waals surface area (Å²) in [5.74, 6) is -0.154. The van der Waals surface area contributed by atoms with Gasteiger partial charge in [0, 0.05) is 6.42 Å². The topological polar surface area (TPSA) is 74.6 Å². The summed E-state index contributed by atoms with van der Waals surface area (Å²) >= 11 is 0. The smallest absolute Gasteiger partial charge is 0.217 e. The molecule has 4 N–H and O–H groups in total. The minimum Gasteiger partial charge on any atom is -0.412 e. The number of allylic oxidation sites excluding steroid dienone is 2. The first kappa shape index (κ1) is 28.4. The summed E-state index contributed by atoms with van der Waals surface area (Å²) in [4.78, 5) is 10.6. The molecular formula is C24H49NO2. The number of carbonyl (C=O) groups is 1. The first-order valence-corrected chi connectivity index (χ1v) is 11.7.